The van der Waals surface area contributed by atoms with Crippen molar-refractivity contribution in [2.24, 2.45) is 5.29 Å². The summed E-state index contributed by atoms with van der Waals surface area (Å²) in [6, 6.07) is 12.2. The molecule has 0 unspecified atom stereocenters. The molecular formula is C15H12N2O4. The fourth-order valence-corrected chi connectivity index (χ4v) is 1.91. The first-order chi connectivity index (χ1) is 10.0. The summed E-state index contributed by atoms with van der Waals surface area (Å²) in [5.41, 5.74) is 1.15. The number of carbonyl (C=O) groups is 2. The first-order valence-corrected chi connectivity index (χ1v) is 6.08. The molecule has 0 atom stereocenters. The summed E-state index contributed by atoms with van der Waals surface area (Å²) in [4.78, 5) is 33.9. The van der Waals surface area contributed by atoms with Crippen LogP contribution in [-0.4, -0.2) is 23.9 Å². The Labute approximate surface area is 120 Å². The van der Waals surface area contributed by atoms with E-state index in [1.807, 2.05) is 0 Å². The molecule has 0 radical (unpaired) electrons. The monoisotopic (exact) mass is 284 g/mol. The second-order valence-corrected chi connectivity index (χ2v) is 4.33. The molecule has 0 saturated heterocycles. The van der Waals surface area contributed by atoms with Crippen LogP contribution in [0.5, 0.6) is 0 Å². The normalized spacial score (nSPS) is 9.95. The molecule has 2 rings (SSSR count). The van der Waals surface area contributed by atoms with Gasteiger partial charge < -0.3 is 5.11 Å². The second-order valence-electron chi connectivity index (χ2n) is 4.33. The number of ketones is 1. The Morgan fingerprint density at radius 3 is 2.14 bits per heavy atom. The van der Waals surface area contributed by atoms with Gasteiger partial charge in [-0.25, -0.2) is 9.80 Å². The minimum atomic E-state index is -1.06. The first-order valence-electron chi connectivity index (χ1n) is 6.08. The SMILES string of the molecule is CN(N=O)c1ccccc1C(=O)c1ccc(C(=O)O)cc1. The maximum absolute atomic E-state index is 12.5. The smallest absolute Gasteiger partial charge is 0.335 e. The number of anilines is 1. The van der Waals surface area contributed by atoms with Crippen molar-refractivity contribution in [2.75, 3.05) is 12.1 Å². The Morgan fingerprint density at radius 2 is 1.57 bits per heavy atom. The molecule has 0 heterocycles. The Hall–Kier alpha value is -3.02. The summed E-state index contributed by atoms with van der Waals surface area (Å²) in [5, 5.41) is 12.7. The zero-order chi connectivity index (χ0) is 15.4. The Morgan fingerprint density at radius 1 is 1.00 bits per heavy atom. The minimum absolute atomic E-state index is 0.103. The number of carboxylic acid groups (broad SMARTS) is 1. The summed E-state index contributed by atoms with van der Waals surface area (Å²) in [6.45, 7) is 0. The van der Waals surface area contributed by atoms with Crippen LogP contribution >= 0.6 is 0 Å². The first kappa shape index (κ1) is 14.4. The molecule has 1 N–H and O–H groups in total. The predicted molar refractivity (Wildman–Crippen MR) is 77.5 cm³/mol. The van der Waals surface area contributed by atoms with Crippen molar-refractivity contribution in [3.05, 3.63) is 70.1 Å². The van der Waals surface area contributed by atoms with Crippen LogP contribution in [0.25, 0.3) is 0 Å². The van der Waals surface area contributed by atoms with E-state index < -0.39 is 5.97 Å². The Bertz CT molecular complexity index is 695. The summed E-state index contributed by atoms with van der Waals surface area (Å²) in [6.07, 6.45) is 0. The summed E-state index contributed by atoms with van der Waals surface area (Å²) >= 11 is 0. The number of para-hydroxylation sites is 1. The lowest BCUT2D eigenvalue weighted by atomic mass is 10.0. The highest BCUT2D eigenvalue weighted by atomic mass is 16.4. The lowest BCUT2D eigenvalue weighted by Gasteiger charge is -2.13. The van der Waals surface area contributed by atoms with E-state index >= 15 is 0 Å². The summed E-state index contributed by atoms with van der Waals surface area (Å²) in [7, 11) is 1.45. The number of carboxylic acids is 1. The molecule has 0 aliphatic rings. The number of carbonyl (C=O) groups excluding carboxylic acids is 1. The number of nitroso groups, excluding NO2 is 1. The van der Waals surface area contributed by atoms with Gasteiger partial charge in [0, 0.05) is 18.2 Å². The zero-order valence-corrected chi connectivity index (χ0v) is 11.2. The van der Waals surface area contributed by atoms with E-state index in [0.717, 1.165) is 5.01 Å². The molecule has 0 fully saturated rings. The topological polar surface area (TPSA) is 87.0 Å². The highest BCUT2D eigenvalue weighted by Gasteiger charge is 2.16. The summed E-state index contributed by atoms with van der Waals surface area (Å²) < 4.78 is 0. The van der Waals surface area contributed by atoms with Gasteiger partial charge in [0.25, 0.3) is 0 Å². The van der Waals surface area contributed by atoms with E-state index in [4.69, 9.17) is 5.11 Å². The van der Waals surface area contributed by atoms with Crippen LogP contribution in [0, 0.1) is 4.91 Å². The van der Waals surface area contributed by atoms with Crippen molar-refractivity contribution in [1.29, 1.82) is 0 Å². The lowest BCUT2D eigenvalue weighted by Crippen LogP contribution is -2.13. The van der Waals surface area contributed by atoms with Crippen LogP contribution in [0.1, 0.15) is 26.3 Å². The van der Waals surface area contributed by atoms with Gasteiger partial charge in [0.1, 0.15) is 0 Å². The van der Waals surface area contributed by atoms with Gasteiger partial charge in [-0.2, -0.15) is 0 Å². The van der Waals surface area contributed by atoms with Crippen molar-refractivity contribution in [3.63, 3.8) is 0 Å². The van der Waals surface area contributed by atoms with Gasteiger partial charge in [-0.3, -0.25) is 4.79 Å². The van der Waals surface area contributed by atoms with Crippen LogP contribution in [0.15, 0.2) is 53.8 Å². The molecule has 0 aromatic heterocycles. The molecule has 0 amide bonds. The van der Waals surface area contributed by atoms with E-state index in [2.05, 4.69) is 5.29 Å². The molecule has 0 saturated carbocycles. The highest BCUT2D eigenvalue weighted by molar-refractivity contribution is 6.12. The molecule has 2 aromatic carbocycles. The van der Waals surface area contributed by atoms with Gasteiger partial charge in [-0.1, -0.05) is 24.3 Å². The van der Waals surface area contributed by atoms with E-state index in [0.29, 0.717) is 16.8 Å². The molecular weight excluding hydrogens is 272 g/mol. The van der Waals surface area contributed by atoms with Crippen LogP contribution in [0.4, 0.5) is 5.69 Å². The third-order valence-corrected chi connectivity index (χ3v) is 3.01. The van der Waals surface area contributed by atoms with Crippen LogP contribution in [0.3, 0.4) is 0 Å². The standard InChI is InChI=1S/C15H12N2O4/c1-17(16-21)13-5-3-2-4-12(13)14(18)10-6-8-11(9-7-10)15(19)20/h2-9H,1H3,(H,19,20). The fraction of sp³-hybridized carbons (Fsp3) is 0.0667. The Balaban J connectivity index is 2.40. The molecule has 0 aliphatic carbocycles. The molecule has 6 heteroatoms. The third kappa shape index (κ3) is 2.94. The van der Waals surface area contributed by atoms with Crippen molar-refractivity contribution < 1.29 is 14.7 Å². The van der Waals surface area contributed by atoms with Crippen LogP contribution in [0.2, 0.25) is 0 Å². The summed E-state index contributed by atoms with van der Waals surface area (Å²) in [5.74, 6) is -1.36. The molecule has 106 valence electrons. The number of nitrogens with zero attached hydrogens (tertiary/aromatic N) is 2. The molecule has 0 spiro atoms. The van der Waals surface area contributed by atoms with Crippen molar-refractivity contribution in [3.8, 4) is 0 Å². The third-order valence-electron chi connectivity index (χ3n) is 3.01. The number of benzene rings is 2. The maximum Gasteiger partial charge on any atom is 0.335 e. The largest absolute Gasteiger partial charge is 0.478 e. The molecule has 0 bridgehead atoms. The molecule has 2 aromatic rings. The highest BCUT2D eigenvalue weighted by Crippen LogP contribution is 2.22. The van der Waals surface area contributed by atoms with Crippen LogP contribution in [-0.2, 0) is 0 Å². The van der Waals surface area contributed by atoms with Gasteiger partial charge >= 0.3 is 5.97 Å². The van der Waals surface area contributed by atoms with Gasteiger partial charge in [0.15, 0.2) is 5.78 Å². The van der Waals surface area contributed by atoms with Crippen LogP contribution < -0.4 is 5.01 Å². The average molecular weight is 284 g/mol. The van der Waals surface area contributed by atoms with E-state index in [1.54, 1.807) is 24.3 Å². The van der Waals surface area contributed by atoms with Gasteiger partial charge in [-0.05, 0) is 24.3 Å². The molecule has 21 heavy (non-hydrogen) atoms. The van der Waals surface area contributed by atoms with E-state index in [1.165, 1.54) is 31.3 Å². The van der Waals surface area contributed by atoms with Gasteiger partial charge in [0.2, 0.25) is 0 Å². The Kier molecular flexibility index (Phi) is 4.08. The molecule has 0 aliphatic heterocycles. The molecule has 6 nitrogen and oxygen atoms in total. The minimum Gasteiger partial charge on any atom is -0.478 e. The number of rotatable bonds is 5. The van der Waals surface area contributed by atoms with Gasteiger partial charge in [-0.15, -0.1) is 4.91 Å². The average Bonchev–Trinajstić information content (AvgIpc) is 2.53. The van der Waals surface area contributed by atoms with E-state index in [-0.39, 0.29) is 11.3 Å². The van der Waals surface area contributed by atoms with Crippen molar-refractivity contribution in [2.45, 2.75) is 0 Å². The number of aromatic carboxylic acids is 1. The zero-order valence-electron chi connectivity index (χ0n) is 11.2. The number of hydrogen-bond donors (Lipinski definition) is 1. The predicted octanol–water partition coefficient (Wildman–Crippen LogP) is 2.73. The fourth-order valence-electron chi connectivity index (χ4n) is 1.91. The van der Waals surface area contributed by atoms with Crippen molar-refractivity contribution >= 4 is 17.4 Å². The second kappa shape index (κ2) is 5.96. The van der Waals surface area contributed by atoms with E-state index in [9.17, 15) is 14.5 Å². The quantitative estimate of drug-likeness (QED) is 0.518. The number of hydrogen-bond acceptors (Lipinski definition) is 4. The van der Waals surface area contributed by atoms with Crippen molar-refractivity contribution in [1.82, 2.24) is 0 Å². The van der Waals surface area contributed by atoms with Gasteiger partial charge in [0.05, 0.1) is 16.5 Å². The lowest BCUT2D eigenvalue weighted by molar-refractivity contribution is 0.0696. The maximum atomic E-state index is 12.5.